The third-order valence-electron chi connectivity index (χ3n) is 3.04. The number of rotatable bonds is 1. The average molecular weight is 265 g/mol. The van der Waals surface area contributed by atoms with Gasteiger partial charge in [-0.05, 0) is 31.0 Å². The number of nitrogens with zero attached hydrogens (tertiary/aromatic N) is 2. The summed E-state index contributed by atoms with van der Waals surface area (Å²) in [6.07, 6.45) is 1.12. The Labute approximate surface area is 110 Å². The first kappa shape index (κ1) is 11.2. The molecule has 0 fully saturated rings. The number of benzene rings is 1. The van der Waals surface area contributed by atoms with Crippen molar-refractivity contribution in [1.29, 1.82) is 0 Å². The number of aliphatic imine (C=N–C) groups is 1. The molecule has 0 amide bonds. The van der Waals surface area contributed by atoms with E-state index in [9.17, 15) is 0 Å². The molecule has 88 valence electrons. The van der Waals surface area contributed by atoms with Crippen molar-refractivity contribution in [3.8, 4) is 0 Å². The highest BCUT2D eigenvalue weighted by atomic mass is 35.5. The summed E-state index contributed by atoms with van der Waals surface area (Å²) in [7, 11) is 0. The molecular formula is C13H13ClN2S. The molecule has 2 aliphatic heterocycles. The van der Waals surface area contributed by atoms with Crippen LogP contribution in [0.15, 0.2) is 34.7 Å². The van der Waals surface area contributed by atoms with E-state index in [-0.39, 0.29) is 0 Å². The lowest BCUT2D eigenvalue weighted by atomic mass is 10.1. The van der Waals surface area contributed by atoms with Crippen molar-refractivity contribution in [3.63, 3.8) is 0 Å². The van der Waals surface area contributed by atoms with E-state index in [1.54, 1.807) is 11.8 Å². The fourth-order valence-electron chi connectivity index (χ4n) is 2.07. The molecule has 2 heterocycles. The Hall–Kier alpha value is -0.930. The Kier molecular flexibility index (Phi) is 2.89. The molecule has 0 saturated carbocycles. The Morgan fingerprint density at radius 2 is 2.12 bits per heavy atom. The van der Waals surface area contributed by atoms with Gasteiger partial charge in [-0.15, -0.1) is 0 Å². The van der Waals surface area contributed by atoms with E-state index in [2.05, 4.69) is 34.4 Å². The smallest absolute Gasteiger partial charge is 0.168 e. The fraction of sp³-hybridized carbons (Fsp3) is 0.308. The number of thioether (sulfide) groups is 1. The van der Waals surface area contributed by atoms with Crippen LogP contribution in [0, 0.1) is 0 Å². The highest BCUT2D eigenvalue weighted by Gasteiger charge is 2.27. The van der Waals surface area contributed by atoms with Crippen LogP contribution in [-0.2, 0) is 0 Å². The molecule has 0 unspecified atom stereocenters. The van der Waals surface area contributed by atoms with Gasteiger partial charge in [0.05, 0.1) is 11.7 Å². The average Bonchev–Trinajstić information content (AvgIpc) is 2.73. The third-order valence-corrected chi connectivity index (χ3v) is 4.17. The lowest BCUT2D eigenvalue weighted by molar-refractivity contribution is 0.489. The molecule has 0 aromatic heterocycles. The van der Waals surface area contributed by atoms with Gasteiger partial charge in [0.2, 0.25) is 0 Å². The summed E-state index contributed by atoms with van der Waals surface area (Å²) in [4.78, 5) is 6.96. The molecule has 3 rings (SSSR count). The molecule has 2 nitrogen and oxygen atoms in total. The maximum Gasteiger partial charge on any atom is 0.168 e. The molecule has 0 aliphatic carbocycles. The van der Waals surface area contributed by atoms with Gasteiger partial charge in [-0.25, -0.2) is 0 Å². The first-order chi connectivity index (χ1) is 8.24. The standard InChI is InChI=1S/C13H13ClN2S/c1-9-6-7-16-12(8-17-13(16)15-9)10-2-4-11(14)5-3-10/h2-5,8-9H,6-7H2,1H3/t9-/m1/s1. The molecule has 1 aromatic rings. The summed E-state index contributed by atoms with van der Waals surface area (Å²) in [5.74, 6) is 0. The molecule has 0 saturated heterocycles. The van der Waals surface area contributed by atoms with Crippen LogP contribution in [0.4, 0.5) is 0 Å². The van der Waals surface area contributed by atoms with Crippen LogP contribution in [0.1, 0.15) is 18.9 Å². The highest BCUT2D eigenvalue weighted by molar-refractivity contribution is 8.16. The quantitative estimate of drug-likeness (QED) is 0.766. The van der Waals surface area contributed by atoms with E-state index in [1.165, 1.54) is 11.3 Å². The van der Waals surface area contributed by atoms with Crippen molar-refractivity contribution in [3.05, 3.63) is 40.3 Å². The van der Waals surface area contributed by atoms with Crippen molar-refractivity contribution >= 4 is 34.2 Å². The third kappa shape index (κ3) is 2.09. The minimum absolute atomic E-state index is 0.451. The molecule has 1 aromatic carbocycles. The molecule has 0 N–H and O–H groups in total. The molecule has 2 aliphatic rings. The molecule has 1 atom stereocenters. The zero-order chi connectivity index (χ0) is 11.8. The van der Waals surface area contributed by atoms with E-state index in [4.69, 9.17) is 11.6 Å². The van der Waals surface area contributed by atoms with Gasteiger partial charge < -0.3 is 4.90 Å². The monoisotopic (exact) mass is 264 g/mol. The molecular weight excluding hydrogens is 252 g/mol. The normalized spacial score (nSPS) is 23.2. The number of hydrogen-bond donors (Lipinski definition) is 0. The van der Waals surface area contributed by atoms with Gasteiger partial charge >= 0.3 is 0 Å². The van der Waals surface area contributed by atoms with Crippen LogP contribution >= 0.6 is 23.4 Å². The second-order valence-electron chi connectivity index (χ2n) is 4.33. The zero-order valence-electron chi connectivity index (χ0n) is 9.56. The fourth-order valence-corrected chi connectivity index (χ4v) is 3.23. The summed E-state index contributed by atoms with van der Waals surface area (Å²) < 4.78 is 0. The number of halogens is 1. The topological polar surface area (TPSA) is 15.6 Å². The van der Waals surface area contributed by atoms with Crippen molar-refractivity contribution in [2.24, 2.45) is 4.99 Å². The number of hydrogen-bond acceptors (Lipinski definition) is 3. The Morgan fingerprint density at radius 1 is 1.35 bits per heavy atom. The summed E-state index contributed by atoms with van der Waals surface area (Å²) in [5.41, 5.74) is 2.46. The maximum absolute atomic E-state index is 5.91. The van der Waals surface area contributed by atoms with Gasteiger partial charge in [-0.3, -0.25) is 4.99 Å². The van der Waals surface area contributed by atoms with Crippen LogP contribution < -0.4 is 0 Å². The lowest BCUT2D eigenvalue weighted by Crippen LogP contribution is -2.31. The Bertz CT molecular complexity index is 493. The summed E-state index contributed by atoms with van der Waals surface area (Å²) in [6, 6.07) is 8.45. The van der Waals surface area contributed by atoms with E-state index >= 15 is 0 Å². The molecule has 4 heteroatoms. The maximum atomic E-state index is 5.91. The van der Waals surface area contributed by atoms with Gasteiger partial charge in [-0.2, -0.15) is 0 Å². The van der Waals surface area contributed by atoms with Gasteiger partial charge in [0.1, 0.15) is 0 Å². The SMILES string of the molecule is C[C@@H]1CCN2C(c3ccc(Cl)cc3)=CSC2=N1. The van der Waals surface area contributed by atoms with Crippen molar-refractivity contribution in [2.45, 2.75) is 19.4 Å². The molecule has 0 radical (unpaired) electrons. The molecule has 17 heavy (non-hydrogen) atoms. The predicted molar refractivity (Wildman–Crippen MR) is 75.2 cm³/mol. The van der Waals surface area contributed by atoms with Crippen LogP contribution in [0.25, 0.3) is 5.70 Å². The van der Waals surface area contributed by atoms with Crippen molar-refractivity contribution < 1.29 is 0 Å². The second-order valence-corrected chi connectivity index (χ2v) is 5.60. The second kappa shape index (κ2) is 4.39. The number of amidine groups is 1. The van der Waals surface area contributed by atoms with Gasteiger partial charge in [0.15, 0.2) is 5.17 Å². The largest absolute Gasteiger partial charge is 0.320 e. The van der Waals surface area contributed by atoms with E-state index < -0.39 is 0 Å². The van der Waals surface area contributed by atoms with Gasteiger partial charge in [0.25, 0.3) is 0 Å². The van der Waals surface area contributed by atoms with Gasteiger partial charge in [-0.1, -0.05) is 35.5 Å². The summed E-state index contributed by atoms with van der Waals surface area (Å²) in [6.45, 7) is 3.23. The van der Waals surface area contributed by atoms with E-state index in [0.717, 1.165) is 23.2 Å². The Balaban J connectivity index is 1.91. The first-order valence-electron chi connectivity index (χ1n) is 5.72. The lowest BCUT2D eigenvalue weighted by Gasteiger charge is -2.28. The zero-order valence-corrected chi connectivity index (χ0v) is 11.1. The number of fused-ring (bicyclic) bond motifs is 1. The Morgan fingerprint density at radius 3 is 2.88 bits per heavy atom. The van der Waals surface area contributed by atoms with Crippen LogP contribution in [0.5, 0.6) is 0 Å². The van der Waals surface area contributed by atoms with Crippen molar-refractivity contribution in [2.75, 3.05) is 6.54 Å². The van der Waals surface area contributed by atoms with Crippen LogP contribution in [0.2, 0.25) is 5.02 Å². The van der Waals surface area contributed by atoms with Gasteiger partial charge in [0, 0.05) is 17.0 Å². The predicted octanol–water partition coefficient (Wildman–Crippen LogP) is 3.84. The van der Waals surface area contributed by atoms with Crippen molar-refractivity contribution in [1.82, 2.24) is 4.90 Å². The first-order valence-corrected chi connectivity index (χ1v) is 6.98. The highest BCUT2D eigenvalue weighted by Crippen LogP contribution is 2.36. The molecule has 0 spiro atoms. The van der Waals surface area contributed by atoms with E-state index in [1.807, 2.05) is 12.1 Å². The summed E-state index contributed by atoms with van der Waals surface area (Å²) >= 11 is 7.63. The van der Waals surface area contributed by atoms with E-state index in [0.29, 0.717) is 6.04 Å². The summed E-state index contributed by atoms with van der Waals surface area (Å²) in [5, 5.41) is 4.09. The van der Waals surface area contributed by atoms with Crippen LogP contribution in [0.3, 0.4) is 0 Å². The molecule has 0 bridgehead atoms. The minimum Gasteiger partial charge on any atom is -0.320 e. The van der Waals surface area contributed by atoms with Crippen LogP contribution in [-0.4, -0.2) is 22.7 Å². The minimum atomic E-state index is 0.451.